The number of β-amino-alcohol motifs (C(OH)–C–C–N with tert-alkyl or cyclic N) is 1. The molecule has 3 heterocycles. The van der Waals surface area contributed by atoms with Crippen LogP contribution in [0, 0.1) is 5.92 Å². The van der Waals surface area contributed by atoms with E-state index in [0.717, 1.165) is 50.6 Å². The third kappa shape index (κ3) is 5.63. The molecule has 2 aromatic carbocycles. The summed E-state index contributed by atoms with van der Waals surface area (Å²) in [4.78, 5) is 22.0. The average molecular weight is 479 g/mol. The molecule has 7 nitrogen and oxygen atoms in total. The number of amides is 1. The van der Waals surface area contributed by atoms with Gasteiger partial charge in [0.1, 0.15) is 5.75 Å². The van der Waals surface area contributed by atoms with Gasteiger partial charge in [0.25, 0.3) is 5.91 Å². The molecule has 0 saturated carbocycles. The van der Waals surface area contributed by atoms with Crippen LogP contribution < -0.4 is 9.64 Å². The molecule has 0 aromatic heterocycles. The Morgan fingerprint density at radius 2 is 1.86 bits per heavy atom. The first kappa shape index (κ1) is 24.1. The molecule has 1 saturated heterocycles. The second-order valence-corrected chi connectivity index (χ2v) is 10.5. The van der Waals surface area contributed by atoms with Crippen LogP contribution in [-0.4, -0.2) is 98.3 Å². The predicted molar refractivity (Wildman–Crippen MR) is 138 cm³/mol. The minimum absolute atomic E-state index is 0.0173. The number of carbonyl (C=O) groups excluding carboxylic acids is 1. The lowest BCUT2D eigenvalue weighted by Gasteiger charge is -2.32. The fourth-order valence-electron chi connectivity index (χ4n) is 5.63. The summed E-state index contributed by atoms with van der Waals surface area (Å²) in [6, 6.07) is 14.3. The number of nitrogens with zero attached hydrogens (tertiary/aromatic N) is 4. The highest BCUT2D eigenvalue weighted by molar-refractivity contribution is 6.00. The lowest BCUT2D eigenvalue weighted by atomic mass is 10.00. The van der Waals surface area contributed by atoms with E-state index in [1.165, 1.54) is 17.5 Å². The van der Waals surface area contributed by atoms with E-state index in [2.05, 4.69) is 46.0 Å². The number of carbonyl (C=O) groups is 1. The van der Waals surface area contributed by atoms with Crippen LogP contribution >= 0.6 is 0 Å². The number of hydrogen-bond donors (Lipinski definition) is 1. The van der Waals surface area contributed by atoms with Crippen molar-refractivity contribution in [2.45, 2.75) is 25.5 Å². The van der Waals surface area contributed by atoms with Gasteiger partial charge in [-0.2, -0.15) is 0 Å². The molecular formula is C28H38N4O3. The first-order valence-corrected chi connectivity index (χ1v) is 12.9. The number of aliphatic hydroxyl groups is 1. The summed E-state index contributed by atoms with van der Waals surface area (Å²) < 4.78 is 6.11. The van der Waals surface area contributed by atoms with E-state index in [-0.39, 0.29) is 5.91 Å². The van der Waals surface area contributed by atoms with Gasteiger partial charge in [-0.3, -0.25) is 9.69 Å². The minimum Gasteiger partial charge on any atom is -0.493 e. The van der Waals surface area contributed by atoms with Crippen LogP contribution in [0.5, 0.6) is 5.75 Å². The topological polar surface area (TPSA) is 59.5 Å². The van der Waals surface area contributed by atoms with Gasteiger partial charge in [-0.25, -0.2) is 0 Å². The van der Waals surface area contributed by atoms with Crippen LogP contribution in [-0.2, 0) is 13.0 Å². The smallest absolute Gasteiger partial charge is 0.256 e. The lowest BCUT2D eigenvalue weighted by molar-refractivity contribution is 0.0521. The number of benzene rings is 2. The van der Waals surface area contributed by atoms with Crippen LogP contribution in [0.2, 0.25) is 0 Å². The molecule has 5 rings (SSSR count). The molecule has 1 N–H and O–H groups in total. The maximum absolute atomic E-state index is 13.4. The van der Waals surface area contributed by atoms with Crippen LogP contribution in [0.4, 0.5) is 5.69 Å². The minimum atomic E-state index is -0.580. The van der Waals surface area contributed by atoms with E-state index < -0.39 is 6.10 Å². The predicted octanol–water partition coefficient (Wildman–Crippen LogP) is 2.33. The number of likely N-dealkylation sites (tertiary alicyclic amines) is 1. The summed E-state index contributed by atoms with van der Waals surface area (Å²) in [7, 11) is 4.17. The van der Waals surface area contributed by atoms with Crippen molar-refractivity contribution in [3.8, 4) is 5.75 Å². The molecule has 35 heavy (non-hydrogen) atoms. The van der Waals surface area contributed by atoms with Gasteiger partial charge in [-0.1, -0.05) is 24.3 Å². The SMILES string of the molecule is CN1CCC(COc2ccc3c(c2)N(C)CCN(CC(O)CN2CCc4ccccc4C2)C3=O)C1. The van der Waals surface area contributed by atoms with Gasteiger partial charge in [0.2, 0.25) is 0 Å². The van der Waals surface area contributed by atoms with E-state index in [1.54, 1.807) is 4.90 Å². The molecule has 188 valence electrons. The monoisotopic (exact) mass is 478 g/mol. The number of hydrogen-bond acceptors (Lipinski definition) is 6. The summed E-state index contributed by atoms with van der Waals surface area (Å²) in [6.45, 7) is 6.93. The van der Waals surface area contributed by atoms with Gasteiger partial charge in [-0.05, 0) is 49.7 Å². The summed E-state index contributed by atoms with van der Waals surface area (Å²) in [5.74, 6) is 1.36. The zero-order chi connectivity index (χ0) is 24.4. The molecule has 1 fully saturated rings. The van der Waals surface area contributed by atoms with Gasteiger partial charge in [0.05, 0.1) is 24.0 Å². The maximum Gasteiger partial charge on any atom is 0.256 e. The molecule has 3 aliphatic heterocycles. The van der Waals surface area contributed by atoms with E-state index in [9.17, 15) is 9.90 Å². The highest BCUT2D eigenvalue weighted by Gasteiger charge is 2.28. The standard InChI is InChI=1S/C28H38N4O3/c1-29-11-9-21(16-29)20-35-25-7-8-26-27(15-25)30(2)13-14-32(28(26)34)19-24(33)18-31-12-10-22-5-3-4-6-23(22)17-31/h3-8,15,21,24,33H,9-14,16-20H2,1-2H3. The Morgan fingerprint density at radius 1 is 1.03 bits per heavy atom. The fraction of sp³-hybridized carbons (Fsp3) is 0.536. The molecule has 7 heteroatoms. The van der Waals surface area contributed by atoms with E-state index >= 15 is 0 Å². The van der Waals surface area contributed by atoms with Crippen molar-refractivity contribution in [3.63, 3.8) is 0 Å². The number of likely N-dealkylation sites (N-methyl/N-ethyl adjacent to an activating group) is 1. The summed E-state index contributed by atoms with van der Waals surface area (Å²) in [5, 5.41) is 10.9. The molecular weight excluding hydrogens is 440 g/mol. The first-order valence-electron chi connectivity index (χ1n) is 12.9. The van der Waals surface area contributed by atoms with Crippen molar-refractivity contribution < 1.29 is 14.6 Å². The summed E-state index contributed by atoms with van der Waals surface area (Å²) in [6.07, 6.45) is 1.59. The summed E-state index contributed by atoms with van der Waals surface area (Å²) >= 11 is 0. The maximum atomic E-state index is 13.4. The molecule has 0 spiro atoms. The van der Waals surface area contributed by atoms with Crippen molar-refractivity contribution in [2.24, 2.45) is 5.92 Å². The quantitative estimate of drug-likeness (QED) is 0.659. The third-order valence-electron chi connectivity index (χ3n) is 7.69. The Labute approximate surface area is 208 Å². The highest BCUT2D eigenvalue weighted by atomic mass is 16.5. The zero-order valence-electron chi connectivity index (χ0n) is 21.0. The molecule has 2 unspecified atom stereocenters. The van der Waals surface area contributed by atoms with Crippen molar-refractivity contribution >= 4 is 11.6 Å². The number of ether oxygens (including phenoxy) is 1. The van der Waals surface area contributed by atoms with E-state index in [4.69, 9.17) is 4.74 Å². The largest absolute Gasteiger partial charge is 0.493 e. The summed E-state index contributed by atoms with van der Waals surface area (Å²) in [5.41, 5.74) is 4.32. The van der Waals surface area contributed by atoms with Crippen molar-refractivity contribution in [1.82, 2.24) is 14.7 Å². The van der Waals surface area contributed by atoms with Crippen molar-refractivity contribution in [2.75, 3.05) is 71.4 Å². The number of anilines is 1. The van der Waals surface area contributed by atoms with Gasteiger partial charge in [-0.15, -0.1) is 0 Å². The van der Waals surface area contributed by atoms with Crippen LogP contribution in [0.25, 0.3) is 0 Å². The van der Waals surface area contributed by atoms with E-state index in [0.29, 0.717) is 37.7 Å². The molecule has 0 aliphatic carbocycles. The van der Waals surface area contributed by atoms with Gasteiger partial charge < -0.3 is 24.5 Å². The van der Waals surface area contributed by atoms with Gasteiger partial charge in [0.15, 0.2) is 0 Å². The molecule has 2 atom stereocenters. The van der Waals surface area contributed by atoms with Crippen LogP contribution in [0.15, 0.2) is 42.5 Å². The number of fused-ring (bicyclic) bond motifs is 2. The second-order valence-electron chi connectivity index (χ2n) is 10.5. The molecule has 2 aromatic rings. The first-order chi connectivity index (χ1) is 17.0. The van der Waals surface area contributed by atoms with Gasteiger partial charge in [0, 0.05) is 64.8 Å². The van der Waals surface area contributed by atoms with Crippen molar-refractivity contribution in [3.05, 3.63) is 59.2 Å². The lowest BCUT2D eigenvalue weighted by Crippen LogP contribution is -2.44. The Bertz CT molecular complexity index is 1040. The molecule has 0 bridgehead atoms. The third-order valence-corrected chi connectivity index (χ3v) is 7.69. The molecule has 0 radical (unpaired) electrons. The fourth-order valence-corrected chi connectivity index (χ4v) is 5.63. The van der Waals surface area contributed by atoms with Gasteiger partial charge >= 0.3 is 0 Å². The van der Waals surface area contributed by atoms with Crippen molar-refractivity contribution in [1.29, 1.82) is 0 Å². The zero-order valence-corrected chi connectivity index (χ0v) is 21.0. The Hall–Kier alpha value is -2.61. The Morgan fingerprint density at radius 3 is 2.66 bits per heavy atom. The highest BCUT2D eigenvalue weighted by Crippen LogP contribution is 2.30. The number of rotatable bonds is 7. The second kappa shape index (κ2) is 10.6. The number of aliphatic hydroxyl groups excluding tert-OH is 1. The molecule has 3 aliphatic rings. The Kier molecular flexibility index (Phi) is 7.27. The van der Waals surface area contributed by atoms with E-state index in [1.807, 2.05) is 25.2 Å². The average Bonchev–Trinajstić information content (AvgIpc) is 3.24. The normalized spacial score (nSPS) is 22.0. The Balaban J connectivity index is 1.20. The van der Waals surface area contributed by atoms with Crippen LogP contribution in [0.3, 0.4) is 0 Å². The molecule has 1 amide bonds. The van der Waals surface area contributed by atoms with Crippen LogP contribution in [0.1, 0.15) is 27.9 Å².